The van der Waals surface area contributed by atoms with E-state index in [1.54, 1.807) is 0 Å². The maximum atomic E-state index is 12.8. The lowest BCUT2D eigenvalue weighted by Crippen LogP contribution is -2.48. The molecule has 2 aliphatic heterocycles. The summed E-state index contributed by atoms with van der Waals surface area (Å²) in [5.41, 5.74) is 5.56. The highest BCUT2D eigenvalue weighted by Gasteiger charge is 2.52. The maximum Gasteiger partial charge on any atom is 0.286 e. The van der Waals surface area contributed by atoms with E-state index in [-0.39, 0.29) is 11.3 Å². The largest absolute Gasteiger partial charge is 0.508 e. The quantitative estimate of drug-likeness (QED) is 0.493. The molecule has 8 rings (SSSR count). The molecule has 1 N–H and O–H groups in total. The number of morpholine rings is 1. The van der Waals surface area contributed by atoms with E-state index in [1.807, 2.05) is 19.1 Å². The third-order valence-electron chi connectivity index (χ3n) is 9.44. The number of ether oxygens (including phenoxy) is 1. The third-order valence-corrected chi connectivity index (χ3v) is 10.7. The number of phenols is 1. The van der Waals surface area contributed by atoms with Crippen molar-refractivity contribution in [2.75, 3.05) is 26.3 Å². The first-order chi connectivity index (χ1) is 18.0. The van der Waals surface area contributed by atoms with Gasteiger partial charge in [0.1, 0.15) is 5.75 Å². The van der Waals surface area contributed by atoms with Crippen molar-refractivity contribution in [1.29, 1.82) is 0 Å². The molecule has 0 radical (unpaired) electrons. The van der Waals surface area contributed by atoms with Crippen LogP contribution in [0.15, 0.2) is 52.4 Å². The minimum Gasteiger partial charge on any atom is -0.508 e. The second-order valence-corrected chi connectivity index (χ2v) is 12.8. The van der Waals surface area contributed by atoms with E-state index in [9.17, 15) is 9.90 Å². The van der Waals surface area contributed by atoms with Gasteiger partial charge in [0.2, 0.25) is 0 Å². The minimum atomic E-state index is -0.150. The molecule has 1 amide bonds. The monoisotopic (exact) mass is 514 g/mol. The van der Waals surface area contributed by atoms with Crippen LogP contribution in [0.3, 0.4) is 0 Å². The summed E-state index contributed by atoms with van der Waals surface area (Å²) in [7, 11) is 0. The molecule has 5 fully saturated rings. The predicted molar refractivity (Wildman–Crippen MR) is 148 cm³/mol. The molecule has 37 heavy (non-hydrogen) atoms. The number of phenolic OH excluding ortho intramolecular Hbond substituents is 1. The fourth-order valence-electron chi connectivity index (χ4n) is 8.07. The Morgan fingerprint density at radius 2 is 1.68 bits per heavy atom. The summed E-state index contributed by atoms with van der Waals surface area (Å²) in [6, 6.07) is 14.7. The first kappa shape index (κ1) is 23.5. The Balaban J connectivity index is 1.19. The standard InChI is InChI=1S/C31H34N2O3S/c1-19(28-29(35)32-30(37-28)33-7-9-36-10-8-33)23-3-2-4-24(14-23)25-5-6-27(34)26(15-25)31-16-20-11-21(17-31)13-22(12-20)18-31/h2-6,14-15,20-22,34H,7-13,16-18H2,1H3/b28-19-. The van der Waals surface area contributed by atoms with Crippen LogP contribution in [-0.4, -0.2) is 47.4 Å². The van der Waals surface area contributed by atoms with Gasteiger partial charge in [-0.3, -0.25) is 4.79 Å². The Labute approximate surface area is 223 Å². The van der Waals surface area contributed by atoms with Gasteiger partial charge in [-0.2, -0.15) is 4.99 Å². The summed E-state index contributed by atoms with van der Waals surface area (Å²) in [5, 5.41) is 11.8. The van der Waals surface area contributed by atoms with Gasteiger partial charge in [-0.25, -0.2) is 0 Å². The second kappa shape index (κ2) is 9.02. The number of nitrogens with zero attached hydrogens (tertiary/aromatic N) is 2. The van der Waals surface area contributed by atoms with Crippen molar-refractivity contribution in [3.8, 4) is 16.9 Å². The number of amidine groups is 1. The number of benzene rings is 2. The summed E-state index contributed by atoms with van der Waals surface area (Å²) in [6.45, 7) is 4.91. The zero-order chi connectivity index (χ0) is 25.1. The molecule has 6 aliphatic rings. The van der Waals surface area contributed by atoms with Gasteiger partial charge >= 0.3 is 0 Å². The summed E-state index contributed by atoms with van der Waals surface area (Å²) in [5.74, 6) is 2.80. The first-order valence-electron chi connectivity index (χ1n) is 13.8. The van der Waals surface area contributed by atoms with Crippen LogP contribution in [0.5, 0.6) is 5.75 Å². The van der Waals surface area contributed by atoms with Gasteiger partial charge in [-0.1, -0.05) is 24.3 Å². The molecule has 4 saturated carbocycles. The van der Waals surface area contributed by atoms with E-state index >= 15 is 0 Å². The van der Waals surface area contributed by atoms with E-state index in [0.717, 1.165) is 63.8 Å². The Morgan fingerprint density at radius 1 is 1.00 bits per heavy atom. The Hall–Kier alpha value is -2.57. The topological polar surface area (TPSA) is 62.1 Å². The molecule has 5 nitrogen and oxygen atoms in total. The highest BCUT2D eigenvalue weighted by atomic mass is 32.2. The lowest BCUT2D eigenvalue weighted by Gasteiger charge is -2.57. The van der Waals surface area contributed by atoms with Crippen LogP contribution >= 0.6 is 11.8 Å². The van der Waals surface area contributed by atoms with Crippen molar-refractivity contribution in [2.45, 2.75) is 50.9 Å². The molecule has 2 aromatic carbocycles. The number of amides is 1. The molecular weight excluding hydrogens is 480 g/mol. The average Bonchev–Trinajstić information content (AvgIpc) is 3.30. The zero-order valence-corrected chi connectivity index (χ0v) is 22.2. The molecule has 192 valence electrons. The van der Waals surface area contributed by atoms with Crippen molar-refractivity contribution in [3.05, 3.63) is 58.5 Å². The molecule has 6 heteroatoms. The normalized spacial score (nSPS) is 32.1. The molecule has 0 spiro atoms. The highest BCUT2D eigenvalue weighted by molar-refractivity contribution is 8.18. The van der Waals surface area contributed by atoms with Gasteiger partial charge in [0.05, 0.1) is 18.1 Å². The first-order valence-corrected chi connectivity index (χ1v) is 14.6. The molecule has 4 bridgehead atoms. The molecule has 1 saturated heterocycles. The molecule has 2 heterocycles. The third kappa shape index (κ3) is 4.13. The van der Waals surface area contributed by atoms with Crippen LogP contribution in [0.2, 0.25) is 0 Å². The van der Waals surface area contributed by atoms with Gasteiger partial charge in [0.15, 0.2) is 5.17 Å². The number of hydrogen-bond donors (Lipinski definition) is 1. The van der Waals surface area contributed by atoms with Crippen LogP contribution in [0.1, 0.15) is 56.6 Å². The number of rotatable bonds is 3. The number of carbonyl (C=O) groups excluding carboxylic acids is 1. The Bertz CT molecular complexity index is 1290. The number of hydrogen-bond acceptors (Lipinski definition) is 5. The Morgan fingerprint density at radius 3 is 2.38 bits per heavy atom. The summed E-state index contributed by atoms with van der Waals surface area (Å²) < 4.78 is 5.45. The van der Waals surface area contributed by atoms with Crippen molar-refractivity contribution in [1.82, 2.24) is 4.90 Å². The fraction of sp³-hybridized carbons (Fsp3) is 0.484. The predicted octanol–water partition coefficient (Wildman–Crippen LogP) is 6.22. The zero-order valence-electron chi connectivity index (χ0n) is 21.4. The average molecular weight is 515 g/mol. The molecule has 4 aliphatic carbocycles. The van der Waals surface area contributed by atoms with Gasteiger partial charge in [-0.15, -0.1) is 0 Å². The van der Waals surface area contributed by atoms with E-state index in [4.69, 9.17) is 4.74 Å². The summed E-state index contributed by atoms with van der Waals surface area (Å²) >= 11 is 1.48. The van der Waals surface area contributed by atoms with Gasteiger partial charge in [0, 0.05) is 18.7 Å². The number of thioether (sulfide) groups is 1. The molecule has 0 aromatic heterocycles. The number of aromatic hydroxyl groups is 1. The van der Waals surface area contributed by atoms with Crippen LogP contribution < -0.4 is 0 Å². The lowest BCUT2D eigenvalue weighted by atomic mass is 9.48. The van der Waals surface area contributed by atoms with Crippen molar-refractivity contribution < 1.29 is 14.6 Å². The molecule has 0 unspecified atom stereocenters. The van der Waals surface area contributed by atoms with Crippen LogP contribution in [-0.2, 0) is 14.9 Å². The lowest BCUT2D eigenvalue weighted by molar-refractivity contribution is -0.113. The molecule has 0 atom stereocenters. The van der Waals surface area contributed by atoms with Gasteiger partial charge < -0.3 is 14.7 Å². The number of allylic oxidation sites excluding steroid dienone is 1. The number of aliphatic imine (C=N–C) groups is 1. The van der Waals surface area contributed by atoms with Crippen molar-refractivity contribution in [3.63, 3.8) is 0 Å². The van der Waals surface area contributed by atoms with Crippen molar-refractivity contribution in [2.24, 2.45) is 22.7 Å². The van der Waals surface area contributed by atoms with Crippen LogP contribution in [0.4, 0.5) is 0 Å². The Kier molecular flexibility index (Phi) is 5.74. The van der Waals surface area contributed by atoms with Gasteiger partial charge in [0.25, 0.3) is 5.91 Å². The fourth-order valence-corrected chi connectivity index (χ4v) is 9.09. The smallest absolute Gasteiger partial charge is 0.286 e. The minimum absolute atomic E-state index is 0.143. The SMILES string of the molecule is C/C(=C1/SC(N2CCOCC2)=NC1=O)c1cccc(-c2ccc(O)c(C34CC5CC(CC(C5)C3)C4)c2)c1. The van der Waals surface area contributed by atoms with E-state index < -0.39 is 0 Å². The van der Waals surface area contributed by atoms with E-state index in [2.05, 4.69) is 40.2 Å². The van der Waals surface area contributed by atoms with Gasteiger partial charge in [-0.05, 0) is 121 Å². The number of carbonyl (C=O) groups is 1. The summed E-state index contributed by atoms with van der Waals surface area (Å²) in [6.07, 6.45) is 7.86. The highest BCUT2D eigenvalue weighted by Crippen LogP contribution is 2.62. The van der Waals surface area contributed by atoms with E-state index in [0.29, 0.717) is 23.9 Å². The van der Waals surface area contributed by atoms with Crippen LogP contribution in [0, 0.1) is 17.8 Å². The van der Waals surface area contributed by atoms with E-state index in [1.165, 1.54) is 50.3 Å². The van der Waals surface area contributed by atoms with Crippen LogP contribution in [0.25, 0.3) is 16.7 Å². The summed E-state index contributed by atoms with van der Waals surface area (Å²) in [4.78, 5) is 20.0. The second-order valence-electron chi connectivity index (χ2n) is 11.9. The van der Waals surface area contributed by atoms with Crippen molar-refractivity contribution >= 4 is 28.4 Å². The molecular formula is C31H34N2O3S. The molecule has 2 aromatic rings. The maximum absolute atomic E-state index is 12.8.